The van der Waals surface area contributed by atoms with E-state index in [0.717, 1.165) is 17.0 Å². The van der Waals surface area contributed by atoms with Crippen molar-refractivity contribution >= 4 is 11.7 Å². The summed E-state index contributed by atoms with van der Waals surface area (Å²) in [4.78, 5) is 11.9. The molecule has 0 saturated heterocycles. The van der Waals surface area contributed by atoms with Gasteiger partial charge in [-0.3, -0.25) is 0 Å². The maximum Gasteiger partial charge on any atom is 0.319 e. The molecular formula is C16H26N2O3. The van der Waals surface area contributed by atoms with Crippen molar-refractivity contribution in [1.29, 1.82) is 0 Å². The number of hydrogen-bond donors (Lipinski definition) is 3. The van der Waals surface area contributed by atoms with E-state index in [1.807, 2.05) is 39.8 Å². The third kappa shape index (κ3) is 5.27. The lowest BCUT2D eigenvalue weighted by molar-refractivity contribution is 0.0170. The first-order chi connectivity index (χ1) is 9.76. The van der Waals surface area contributed by atoms with Gasteiger partial charge in [0, 0.05) is 12.2 Å². The van der Waals surface area contributed by atoms with Gasteiger partial charge < -0.3 is 20.5 Å². The molecule has 5 nitrogen and oxygen atoms in total. The van der Waals surface area contributed by atoms with E-state index < -0.39 is 5.60 Å². The van der Waals surface area contributed by atoms with Gasteiger partial charge in [-0.05, 0) is 50.5 Å². The van der Waals surface area contributed by atoms with Crippen molar-refractivity contribution in [3.8, 4) is 5.75 Å². The Balaban J connectivity index is 2.59. The smallest absolute Gasteiger partial charge is 0.319 e. The second kappa shape index (κ2) is 7.31. The van der Waals surface area contributed by atoms with Gasteiger partial charge in [-0.25, -0.2) is 4.79 Å². The van der Waals surface area contributed by atoms with Crippen LogP contribution in [0.1, 0.15) is 33.3 Å². The zero-order valence-corrected chi connectivity index (χ0v) is 13.5. The number of hydrogen-bond acceptors (Lipinski definition) is 3. The van der Waals surface area contributed by atoms with Gasteiger partial charge >= 0.3 is 6.03 Å². The molecule has 0 bridgehead atoms. The molecule has 0 aliphatic carbocycles. The van der Waals surface area contributed by atoms with Crippen molar-refractivity contribution in [3.05, 3.63) is 23.8 Å². The lowest BCUT2D eigenvalue weighted by atomic mass is 9.93. The minimum atomic E-state index is -0.925. The van der Waals surface area contributed by atoms with E-state index in [0.29, 0.717) is 6.61 Å². The van der Waals surface area contributed by atoms with Gasteiger partial charge in [0.2, 0.25) is 0 Å². The van der Waals surface area contributed by atoms with Gasteiger partial charge in [0.15, 0.2) is 0 Å². The Hall–Kier alpha value is -1.75. The summed E-state index contributed by atoms with van der Waals surface area (Å²) in [6.07, 6.45) is 0. The van der Waals surface area contributed by atoms with E-state index in [4.69, 9.17) is 4.74 Å². The third-order valence-electron chi connectivity index (χ3n) is 3.61. The molecule has 0 saturated carbocycles. The molecule has 1 aromatic carbocycles. The predicted octanol–water partition coefficient (Wildman–Crippen LogP) is 2.92. The normalized spacial score (nSPS) is 13.7. The van der Waals surface area contributed by atoms with E-state index in [9.17, 15) is 9.90 Å². The van der Waals surface area contributed by atoms with Crippen LogP contribution in [0.5, 0.6) is 5.75 Å². The minimum absolute atomic E-state index is 0.0602. The average Bonchev–Trinajstić information content (AvgIpc) is 2.40. The topological polar surface area (TPSA) is 70.6 Å². The number of aryl methyl sites for hydroxylation is 1. The molecule has 0 spiro atoms. The lowest BCUT2D eigenvalue weighted by Crippen LogP contribution is -2.45. The van der Waals surface area contributed by atoms with E-state index in [2.05, 4.69) is 10.6 Å². The van der Waals surface area contributed by atoms with Crippen LogP contribution in [0.2, 0.25) is 0 Å². The fourth-order valence-electron chi connectivity index (χ4n) is 1.66. The van der Waals surface area contributed by atoms with Crippen molar-refractivity contribution in [2.24, 2.45) is 5.92 Å². The zero-order valence-electron chi connectivity index (χ0n) is 13.5. The summed E-state index contributed by atoms with van der Waals surface area (Å²) in [5.41, 5.74) is 0.720. The molecule has 5 heteroatoms. The van der Waals surface area contributed by atoms with Gasteiger partial charge in [0.1, 0.15) is 5.75 Å². The largest absolute Gasteiger partial charge is 0.494 e. The maximum absolute atomic E-state index is 11.9. The second-order valence-electron chi connectivity index (χ2n) is 5.73. The molecule has 1 aromatic rings. The molecule has 0 aliphatic heterocycles. The fraction of sp³-hybridized carbons (Fsp3) is 0.562. The van der Waals surface area contributed by atoms with Crippen molar-refractivity contribution in [1.82, 2.24) is 5.32 Å². The number of ether oxygens (including phenoxy) is 1. The van der Waals surface area contributed by atoms with Gasteiger partial charge in [-0.2, -0.15) is 0 Å². The number of rotatable bonds is 6. The van der Waals surface area contributed by atoms with Crippen LogP contribution >= 0.6 is 0 Å². The molecule has 0 aromatic heterocycles. The highest BCUT2D eigenvalue weighted by atomic mass is 16.5. The Morgan fingerprint density at radius 3 is 2.62 bits per heavy atom. The molecule has 0 aliphatic rings. The summed E-state index contributed by atoms with van der Waals surface area (Å²) in [7, 11) is 0. The van der Waals surface area contributed by atoms with Gasteiger partial charge in [-0.15, -0.1) is 0 Å². The number of carbonyl (C=O) groups excluding carboxylic acids is 1. The number of aliphatic hydroxyl groups is 1. The summed E-state index contributed by atoms with van der Waals surface area (Å²) in [6.45, 7) is 10.2. The average molecular weight is 294 g/mol. The highest BCUT2D eigenvalue weighted by Gasteiger charge is 2.25. The van der Waals surface area contributed by atoms with Crippen molar-refractivity contribution in [2.45, 2.75) is 40.2 Å². The summed E-state index contributed by atoms with van der Waals surface area (Å²) in [5, 5.41) is 15.6. The van der Waals surface area contributed by atoms with Gasteiger partial charge in [0.05, 0.1) is 12.2 Å². The first-order valence-corrected chi connectivity index (χ1v) is 7.27. The van der Waals surface area contributed by atoms with Crippen LogP contribution in [0, 0.1) is 12.8 Å². The van der Waals surface area contributed by atoms with Crippen LogP contribution in [-0.2, 0) is 0 Å². The molecule has 0 fully saturated rings. The maximum atomic E-state index is 11.9. The molecule has 1 rings (SSSR count). The SMILES string of the molecule is CCOc1ccc(NC(=O)NCC(C)(O)C(C)C)c(C)c1. The highest BCUT2D eigenvalue weighted by molar-refractivity contribution is 5.90. The third-order valence-corrected chi connectivity index (χ3v) is 3.61. The molecule has 118 valence electrons. The highest BCUT2D eigenvalue weighted by Crippen LogP contribution is 2.21. The Bertz CT molecular complexity index is 484. The van der Waals surface area contributed by atoms with E-state index in [1.54, 1.807) is 13.0 Å². The van der Waals surface area contributed by atoms with Crippen LogP contribution in [-0.4, -0.2) is 29.9 Å². The Morgan fingerprint density at radius 1 is 1.43 bits per heavy atom. The summed E-state index contributed by atoms with van der Waals surface area (Å²) in [5.74, 6) is 0.841. The molecule has 21 heavy (non-hydrogen) atoms. The van der Waals surface area contributed by atoms with Crippen LogP contribution < -0.4 is 15.4 Å². The number of amides is 2. The molecule has 0 radical (unpaired) electrons. The molecular weight excluding hydrogens is 268 g/mol. The number of benzene rings is 1. The summed E-state index contributed by atoms with van der Waals surface area (Å²) in [6, 6.07) is 5.17. The molecule has 1 unspecified atom stereocenters. The van der Waals surface area contributed by atoms with Crippen molar-refractivity contribution in [2.75, 3.05) is 18.5 Å². The second-order valence-corrected chi connectivity index (χ2v) is 5.73. The van der Waals surface area contributed by atoms with Crippen molar-refractivity contribution < 1.29 is 14.6 Å². The van der Waals surface area contributed by atoms with E-state index in [-0.39, 0.29) is 18.5 Å². The predicted molar refractivity (Wildman–Crippen MR) is 84.8 cm³/mol. The first-order valence-electron chi connectivity index (χ1n) is 7.27. The van der Waals surface area contributed by atoms with E-state index in [1.165, 1.54) is 0 Å². The van der Waals surface area contributed by atoms with E-state index >= 15 is 0 Å². The van der Waals surface area contributed by atoms with Gasteiger partial charge in [-0.1, -0.05) is 13.8 Å². The Kier molecular flexibility index (Phi) is 6.03. The monoisotopic (exact) mass is 294 g/mol. The molecule has 0 heterocycles. The van der Waals surface area contributed by atoms with Gasteiger partial charge in [0.25, 0.3) is 0 Å². The standard InChI is InChI=1S/C16H26N2O3/c1-6-21-13-7-8-14(12(4)9-13)18-15(19)17-10-16(5,20)11(2)3/h7-9,11,20H,6,10H2,1-5H3,(H2,17,18,19). The quantitative estimate of drug-likeness (QED) is 0.755. The number of carbonyl (C=O) groups is 1. The molecule has 2 amide bonds. The number of urea groups is 1. The van der Waals surface area contributed by atoms with Crippen LogP contribution in [0.15, 0.2) is 18.2 Å². The molecule has 1 atom stereocenters. The van der Waals surface area contributed by atoms with Crippen molar-refractivity contribution in [3.63, 3.8) is 0 Å². The van der Waals surface area contributed by atoms with Crippen LogP contribution in [0.25, 0.3) is 0 Å². The Morgan fingerprint density at radius 2 is 2.10 bits per heavy atom. The number of anilines is 1. The van der Waals surface area contributed by atoms with Crippen LogP contribution in [0.4, 0.5) is 10.5 Å². The minimum Gasteiger partial charge on any atom is -0.494 e. The summed E-state index contributed by atoms with van der Waals surface area (Å²) >= 11 is 0. The zero-order chi connectivity index (χ0) is 16.0. The first kappa shape index (κ1) is 17.3. The number of nitrogens with one attached hydrogen (secondary N) is 2. The fourth-order valence-corrected chi connectivity index (χ4v) is 1.66. The van der Waals surface area contributed by atoms with Crippen LogP contribution in [0.3, 0.4) is 0 Å². The Labute approximate surface area is 126 Å². The summed E-state index contributed by atoms with van der Waals surface area (Å²) < 4.78 is 5.40. The molecule has 3 N–H and O–H groups in total. The lowest BCUT2D eigenvalue weighted by Gasteiger charge is -2.27.